The van der Waals surface area contributed by atoms with E-state index in [-0.39, 0.29) is 18.5 Å². The Balaban J connectivity index is 2.44. The van der Waals surface area contributed by atoms with Gasteiger partial charge in [0, 0.05) is 11.8 Å². The Morgan fingerprint density at radius 1 is 1.62 bits per heavy atom. The van der Waals surface area contributed by atoms with Crippen LogP contribution >= 0.6 is 11.8 Å². The SMILES string of the molecule is CCC(C)NCC(=O)N1CSC[C@H]1C(=O)O. The van der Waals surface area contributed by atoms with Crippen molar-refractivity contribution in [2.24, 2.45) is 0 Å². The van der Waals surface area contributed by atoms with Crippen molar-refractivity contribution in [3.05, 3.63) is 0 Å². The molecule has 6 heteroatoms. The van der Waals surface area contributed by atoms with Gasteiger partial charge in [-0.3, -0.25) is 4.79 Å². The average Bonchev–Trinajstić information content (AvgIpc) is 2.74. The number of carbonyl (C=O) groups is 2. The lowest BCUT2D eigenvalue weighted by molar-refractivity contribution is -0.147. The molecular formula is C10H18N2O3S. The molecule has 0 aromatic rings. The molecule has 2 N–H and O–H groups in total. The molecule has 2 atom stereocenters. The van der Waals surface area contributed by atoms with Crippen LogP contribution in [0.2, 0.25) is 0 Å². The Hall–Kier alpha value is -0.750. The molecule has 0 radical (unpaired) electrons. The lowest BCUT2D eigenvalue weighted by Gasteiger charge is -2.21. The van der Waals surface area contributed by atoms with Gasteiger partial charge < -0.3 is 15.3 Å². The highest BCUT2D eigenvalue weighted by atomic mass is 32.2. The summed E-state index contributed by atoms with van der Waals surface area (Å²) in [5.74, 6) is -0.0675. The lowest BCUT2D eigenvalue weighted by Crippen LogP contribution is -2.46. The molecule has 1 rings (SSSR count). The summed E-state index contributed by atoms with van der Waals surface area (Å²) in [5, 5.41) is 12.0. The van der Waals surface area contributed by atoms with Crippen molar-refractivity contribution in [2.45, 2.75) is 32.4 Å². The van der Waals surface area contributed by atoms with E-state index in [1.54, 1.807) is 0 Å². The zero-order chi connectivity index (χ0) is 12.1. The first-order valence-electron chi connectivity index (χ1n) is 5.39. The number of rotatable bonds is 5. The lowest BCUT2D eigenvalue weighted by atomic mass is 10.2. The van der Waals surface area contributed by atoms with Crippen LogP contribution in [0.1, 0.15) is 20.3 Å². The van der Waals surface area contributed by atoms with Gasteiger partial charge in [-0.2, -0.15) is 0 Å². The largest absolute Gasteiger partial charge is 0.480 e. The molecule has 1 fully saturated rings. The monoisotopic (exact) mass is 246 g/mol. The predicted molar refractivity (Wildman–Crippen MR) is 63.4 cm³/mol. The minimum Gasteiger partial charge on any atom is -0.480 e. The van der Waals surface area contributed by atoms with Crippen LogP contribution in [-0.4, -0.2) is 52.1 Å². The van der Waals surface area contributed by atoms with E-state index in [2.05, 4.69) is 5.32 Å². The molecule has 1 amide bonds. The highest BCUT2D eigenvalue weighted by Crippen LogP contribution is 2.20. The van der Waals surface area contributed by atoms with Gasteiger partial charge in [0.15, 0.2) is 0 Å². The van der Waals surface area contributed by atoms with Crippen LogP contribution in [-0.2, 0) is 9.59 Å². The summed E-state index contributed by atoms with van der Waals surface area (Å²) >= 11 is 1.48. The number of nitrogens with zero attached hydrogens (tertiary/aromatic N) is 1. The minimum atomic E-state index is -0.915. The first kappa shape index (κ1) is 13.3. The third-order valence-corrected chi connectivity index (χ3v) is 3.71. The van der Waals surface area contributed by atoms with Crippen LogP contribution in [0.25, 0.3) is 0 Å². The summed E-state index contributed by atoms with van der Waals surface area (Å²) in [4.78, 5) is 24.1. The zero-order valence-electron chi connectivity index (χ0n) is 9.60. The summed E-state index contributed by atoms with van der Waals surface area (Å²) < 4.78 is 0. The van der Waals surface area contributed by atoms with Crippen molar-refractivity contribution in [2.75, 3.05) is 18.2 Å². The Labute approximate surface area is 99.6 Å². The number of hydrogen-bond acceptors (Lipinski definition) is 4. The maximum atomic E-state index is 11.8. The molecule has 1 aliphatic rings. The summed E-state index contributed by atoms with van der Waals surface area (Å²) in [6.45, 7) is 4.26. The van der Waals surface area contributed by atoms with Crippen LogP contribution in [0.5, 0.6) is 0 Å². The van der Waals surface area contributed by atoms with Gasteiger partial charge >= 0.3 is 5.97 Å². The third kappa shape index (κ3) is 3.38. The van der Waals surface area contributed by atoms with Crippen molar-refractivity contribution in [1.29, 1.82) is 0 Å². The second-order valence-corrected chi connectivity index (χ2v) is 4.91. The van der Waals surface area contributed by atoms with Gasteiger partial charge in [0.05, 0.1) is 12.4 Å². The molecule has 92 valence electrons. The highest BCUT2D eigenvalue weighted by molar-refractivity contribution is 7.99. The molecule has 1 aliphatic heterocycles. The van der Waals surface area contributed by atoms with Gasteiger partial charge in [-0.05, 0) is 13.3 Å². The van der Waals surface area contributed by atoms with E-state index in [0.717, 1.165) is 6.42 Å². The fraction of sp³-hybridized carbons (Fsp3) is 0.800. The Kier molecular flexibility index (Phi) is 5.08. The molecule has 0 bridgehead atoms. The van der Waals surface area contributed by atoms with E-state index in [1.165, 1.54) is 16.7 Å². The smallest absolute Gasteiger partial charge is 0.327 e. The number of aliphatic carboxylic acids is 1. The number of thioether (sulfide) groups is 1. The van der Waals surface area contributed by atoms with Crippen molar-refractivity contribution >= 4 is 23.6 Å². The van der Waals surface area contributed by atoms with Gasteiger partial charge in [0.2, 0.25) is 5.91 Å². The highest BCUT2D eigenvalue weighted by Gasteiger charge is 2.34. The Bertz CT molecular complexity index is 273. The van der Waals surface area contributed by atoms with Gasteiger partial charge in [-0.1, -0.05) is 6.92 Å². The van der Waals surface area contributed by atoms with Crippen molar-refractivity contribution < 1.29 is 14.7 Å². The number of hydrogen-bond donors (Lipinski definition) is 2. The standard InChI is InChI=1S/C10H18N2O3S/c1-3-7(2)11-4-9(13)12-6-16-5-8(12)10(14)15/h7-8,11H,3-6H2,1-2H3,(H,14,15)/t7?,8-/m0/s1. The number of carbonyl (C=O) groups excluding carboxylic acids is 1. The normalized spacial score (nSPS) is 22.1. The predicted octanol–water partition coefficient (Wildman–Crippen LogP) is 0.361. The molecule has 0 saturated carbocycles. The molecule has 0 spiro atoms. The molecule has 16 heavy (non-hydrogen) atoms. The van der Waals surface area contributed by atoms with E-state index < -0.39 is 12.0 Å². The maximum Gasteiger partial charge on any atom is 0.327 e. The second-order valence-electron chi connectivity index (χ2n) is 3.91. The van der Waals surface area contributed by atoms with Crippen LogP contribution in [0.15, 0.2) is 0 Å². The van der Waals surface area contributed by atoms with E-state index in [1.807, 2.05) is 13.8 Å². The molecular weight excluding hydrogens is 228 g/mol. The zero-order valence-corrected chi connectivity index (χ0v) is 10.4. The van der Waals surface area contributed by atoms with Gasteiger partial charge in [-0.15, -0.1) is 11.8 Å². The molecule has 1 heterocycles. The van der Waals surface area contributed by atoms with Crippen molar-refractivity contribution in [1.82, 2.24) is 10.2 Å². The summed E-state index contributed by atoms with van der Waals surface area (Å²) in [6, 6.07) is -0.376. The summed E-state index contributed by atoms with van der Waals surface area (Å²) in [7, 11) is 0. The van der Waals surface area contributed by atoms with Gasteiger partial charge in [-0.25, -0.2) is 4.79 Å². The van der Waals surface area contributed by atoms with E-state index in [0.29, 0.717) is 11.6 Å². The van der Waals surface area contributed by atoms with Crippen LogP contribution in [0.3, 0.4) is 0 Å². The van der Waals surface area contributed by atoms with Crippen LogP contribution in [0, 0.1) is 0 Å². The molecule has 0 aliphatic carbocycles. The molecule has 1 saturated heterocycles. The average molecular weight is 246 g/mol. The summed E-state index contributed by atoms with van der Waals surface area (Å²) in [5.41, 5.74) is 0. The Morgan fingerprint density at radius 3 is 2.88 bits per heavy atom. The van der Waals surface area contributed by atoms with E-state index >= 15 is 0 Å². The number of nitrogens with one attached hydrogen (secondary N) is 1. The third-order valence-electron chi connectivity index (χ3n) is 2.70. The molecule has 5 nitrogen and oxygen atoms in total. The number of amides is 1. The van der Waals surface area contributed by atoms with E-state index in [9.17, 15) is 9.59 Å². The van der Waals surface area contributed by atoms with Crippen LogP contribution < -0.4 is 5.32 Å². The molecule has 0 aromatic carbocycles. The van der Waals surface area contributed by atoms with Crippen molar-refractivity contribution in [3.63, 3.8) is 0 Å². The summed E-state index contributed by atoms with van der Waals surface area (Å²) in [6.07, 6.45) is 0.949. The first-order chi connectivity index (χ1) is 7.56. The van der Waals surface area contributed by atoms with Gasteiger partial charge in [0.1, 0.15) is 6.04 Å². The topological polar surface area (TPSA) is 69.6 Å². The minimum absolute atomic E-state index is 0.127. The second kappa shape index (κ2) is 6.10. The number of carboxylic acid groups (broad SMARTS) is 1. The molecule has 1 unspecified atom stereocenters. The molecule has 0 aromatic heterocycles. The fourth-order valence-electron chi connectivity index (χ4n) is 1.40. The number of carboxylic acids is 1. The maximum absolute atomic E-state index is 11.8. The van der Waals surface area contributed by atoms with Gasteiger partial charge in [0.25, 0.3) is 0 Å². The quantitative estimate of drug-likeness (QED) is 0.733. The van der Waals surface area contributed by atoms with Crippen LogP contribution in [0.4, 0.5) is 0 Å². The Morgan fingerprint density at radius 2 is 2.31 bits per heavy atom. The fourth-order valence-corrected chi connectivity index (χ4v) is 2.57. The first-order valence-corrected chi connectivity index (χ1v) is 6.55. The van der Waals surface area contributed by atoms with E-state index in [4.69, 9.17) is 5.11 Å². The van der Waals surface area contributed by atoms with Crippen molar-refractivity contribution in [3.8, 4) is 0 Å².